The highest BCUT2D eigenvalue weighted by molar-refractivity contribution is 6.10. The molecule has 3 aromatic rings. The SMILES string of the molecule is O=C(c1c[nH]c2cccc(F)c12)C1CC1c1ccccc1. The van der Waals surface area contributed by atoms with Gasteiger partial charge in [0.05, 0.1) is 0 Å². The molecule has 0 spiro atoms. The third-order valence-electron chi connectivity index (χ3n) is 4.28. The number of aromatic amines is 1. The normalized spacial score (nSPS) is 20.6. The van der Waals surface area contributed by atoms with Crippen molar-refractivity contribution in [1.29, 1.82) is 0 Å². The molecule has 4 rings (SSSR count). The highest BCUT2D eigenvalue weighted by atomic mass is 19.1. The van der Waals surface area contributed by atoms with Gasteiger partial charge < -0.3 is 4.98 Å². The molecular weight excluding hydrogens is 265 g/mol. The van der Waals surface area contributed by atoms with Crippen molar-refractivity contribution in [2.45, 2.75) is 12.3 Å². The summed E-state index contributed by atoms with van der Waals surface area (Å²) in [4.78, 5) is 15.6. The topological polar surface area (TPSA) is 32.9 Å². The molecule has 1 saturated carbocycles. The van der Waals surface area contributed by atoms with Crippen LogP contribution in [0.4, 0.5) is 4.39 Å². The van der Waals surface area contributed by atoms with E-state index in [1.165, 1.54) is 11.6 Å². The molecule has 0 saturated heterocycles. The Bertz CT molecular complexity index is 822. The first-order chi connectivity index (χ1) is 10.3. The number of ketones is 1. The van der Waals surface area contributed by atoms with E-state index >= 15 is 0 Å². The molecule has 1 aromatic heterocycles. The van der Waals surface area contributed by atoms with Crippen molar-refractivity contribution < 1.29 is 9.18 Å². The number of benzene rings is 2. The Morgan fingerprint density at radius 1 is 1.10 bits per heavy atom. The van der Waals surface area contributed by atoms with E-state index in [4.69, 9.17) is 0 Å². The Labute approximate surface area is 121 Å². The van der Waals surface area contributed by atoms with Crippen molar-refractivity contribution in [2.75, 3.05) is 0 Å². The molecule has 1 aliphatic rings. The van der Waals surface area contributed by atoms with Crippen molar-refractivity contribution in [2.24, 2.45) is 5.92 Å². The second-order valence-electron chi connectivity index (χ2n) is 5.59. The lowest BCUT2D eigenvalue weighted by Crippen LogP contribution is -2.03. The van der Waals surface area contributed by atoms with Gasteiger partial charge >= 0.3 is 0 Å². The molecule has 1 heterocycles. The maximum Gasteiger partial charge on any atom is 0.168 e. The Balaban J connectivity index is 1.67. The highest BCUT2D eigenvalue weighted by Crippen LogP contribution is 2.49. The Morgan fingerprint density at radius 3 is 2.71 bits per heavy atom. The predicted octanol–water partition coefficient (Wildman–Crippen LogP) is 4.29. The zero-order chi connectivity index (χ0) is 14.4. The van der Waals surface area contributed by atoms with Gasteiger partial charge in [-0.3, -0.25) is 4.79 Å². The van der Waals surface area contributed by atoms with E-state index in [1.807, 2.05) is 30.3 Å². The number of carbonyl (C=O) groups excluding carboxylic acids is 1. The van der Waals surface area contributed by atoms with Crippen LogP contribution in [0, 0.1) is 11.7 Å². The lowest BCUT2D eigenvalue weighted by Gasteiger charge is -2.01. The molecule has 104 valence electrons. The summed E-state index contributed by atoms with van der Waals surface area (Å²) in [5, 5.41) is 0.418. The van der Waals surface area contributed by atoms with Crippen molar-refractivity contribution in [3.8, 4) is 0 Å². The number of nitrogens with one attached hydrogen (secondary N) is 1. The first-order valence-corrected chi connectivity index (χ1v) is 7.10. The van der Waals surface area contributed by atoms with Gasteiger partial charge in [0, 0.05) is 28.6 Å². The molecule has 2 atom stereocenters. The number of aromatic nitrogens is 1. The second-order valence-corrected chi connectivity index (χ2v) is 5.59. The van der Waals surface area contributed by atoms with Gasteiger partial charge in [-0.1, -0.05) is 36.4 Å². The van der Waals surface area contributed by atoms with E-state index in [9.17, 15) is 9.18 Å². The average Bonchev–Trinajstić information content (AvgIpc) is 3.20. The first-order valence-electron chi connectivity index (χ1n) is 7.10. The molecule has 0 radical (unpaired) electrons. The van der Waals surface area contributed by atoms with Crippen molar-refractivity contribution in [3.63, 3.8) is 0 Å². The lowest BCUT2D eigenvalue weighted by molar-refractivity contribution is 0.0966. The number of hydrogen-bond acceptors (Lipinski definition) is 1. The van der Waals surface area contributed by atoms with Crippen LogP contribution >= 0.6 is 0 Å². The quantitative estimate of drug-likeness (QED) is 0.713. The van der Waals surface area contributed by atoms with Gasteiger partial charge in [0.15, 0.2) is 5.78 Å². The van der Waals surface area contributed by atoms with E-state index in [-0.39, 0.29) is 23.4 Å². The molecule has 1 aliphatic carbocycles. The zero-order valence-electron chi connectivity index (χ0n) is 11.3. The third-order valence-corrected chi connectivity index (χ3v) is 4.28. The molecule has 0 aliphatic heterocycles. The number of H-pyrrole nitrogens is 1. The minimum atomic E-state index is -0.339. The van der Waals surface area contributed by atoms with E-state index in [1.54, 1.807) is 18.3 Å². The maximum absolute atomic E-state index is 14.0. The van der Waals surface area contributed by atoms with E-state index in [0.717, 1.165) is 6.42 Å². The van der Waals surface area contributed by atoms with Crippen molar-refractivity contribution >= 4 is 16.7 Å². The van der Waals surface area contributed by atoms with E-state index < -0.39 is 0 Å². The first kappa shape index (κ1) is 12.3. The molecular formula is C18H14FNO. The molecule has 2 aromatic carbocycles. The van der Waals surface area contributed by atoms with Crippen LogP contribution in [-0.2, 0) is 0 Å². The summed E-state index contributed by atoms with van der Waals surface area (Å²) in [5.41, 5.74) is 2.35. The van der Waals surface area contributed by atoms with E-state index in [0.29, 0.717) is 16.5 Å². The summed E-state index contributed by atoms with van der Waals surface area (Å²) in [6.07, 6.45) is 2.49. The largest absolute Gasteiger partial charge is 0.360 e. The number of Topliss-reactive ketones (excluding diaryl/α,β-unsaturated/α-hetero) is 1. The molecule has 2 nitrogen and oxygen atoms in total. The summed E-state index contributed by atoms with van der Waals surface area (Å²) in [5.74, 6) is -0.0457. The molecule has 0 bridgehead atoms. The molecule has 0 amide bonds. The second kappa shape index (κ2) is 4.55. The fraction of sp³-hybridized carbons (Fsp3) is 0.167. The predicted molar refractivity (Wildman–Crippen MR) is 79.9 cm³/mol. The minimum absolute atomic E-state index is 0.0222. The van der Waals surface area contributed by atoms with Crippen LogP contribution in [0.15, 0.2) is 54.7 Å². The summed E-state index contributed by atoms with van der Waals surface area (Å²) in [6, 6.07) is 14.9. The van der Waals surface area contributed by atoms with Gasteiger partial charge in [-0.15, -0.1) is 0 Å². The number of rotatable bonds is 3. The minimum Gasteiger partial charge on any atom is -0.360 e. The summed E-state index contributed by atoms with van der Waals surface area (Å²) < 4.78 is 14.0. The average molecular weight is 279 g/mol. The zero-order valence-corrected chi connectivity index (χ0v) is 11.3. The Hall–Kier alpha value is -2.42. The van der Waals surface area contributed by atoms with Crippen LogP contribution in [0.1, 0.15) is 28.3 Å². The van der Waals surface area contributed by atoms with Crippen LogP contribution < -0.4 is 0 Å². The molecule has 1 fully saturated rings. The van der Waals surface area contributed by atoms with Crippen LogP contribution in [-0.4, -0.2) is 10.8 Å². The van der Waals surface area contributed by atoms with Crippen LogP contribution in [0.2, 0.25) is 0 Å². The van der Waals surface area contributed by atoms with Crippen LogP contribution in [0.5, 0.6) is 0 Å². The Kier molecular flexibility index (Phi) is 2.67. The standard InChI is InChI=1S/C18H14FNO/c19-15-7-4-8-16-17(15)14(10-20-16)18(21)13-9-12(13)11-5-2-1-3-6-11/h1-8,10,12-13,20H,9H2. The van der Waals surface area contributed by atoms with Crippen LogP contribution in [0.25, 0.3) is 10.9 Å². The maximum atomic E-state index is 14.0. The van der Waals surface area contributed by atoms with Gasteiger partial charge in [0.1, 0.15) is 5.82 Å². The van der Waals surface area contributed by atoms with Crippen molar-refractivity contribution in [3.05, 3.63) is 71.7 Å². The van der Waals surface area contributed by atoms with E-state index in [2.05, 4.69) is 4.98 Å². The summed E-state index contributed by atoms with van der Waals surface area (Å²) >= 11 is 0. The lowest BCUT2D eigenvalue weighted by atomic mass is 10.0. The summed E-state index contributed by atoms with van der Waals surface area (Å²) in [6.45, 7) is 0. The molecule has 21 heavy (non-hydrogen) atoms. The number of carbonyl (C=O) groups is 1. The Morgan fingerprint density at radius 2 is 1.90 bits per heavy atom. The number of fused-ring (bicyclic) bond motifs is 1. The van der Waals surface area contributed by atoms with Gasteiger partial charge in [-0.05, 0) is 30.0 Å². The fourth-order valence-electron chi connectivity index (χ4n) is 3.09. The van der Waals surface area contributed by atoms with Gasteiger partial charge in [-0.2, -0.15) is 0 Å². The number of hydrogen-bond donors (Lipinski definition) is 1. The fourth-order valence-corrected chi connectivity index (χ4v) is 3.09. The van der Waals surface area contributed by atoms with Crippen LogP contribution in [0.3, 0.4) is 0 Å². The molecule has 2 unspecified atom stereocenters. The van der Waals surface area contributed by atoms with Gasteiger partial charge in [-0.25, -0.2) is 4.39 Å². The summed E-state index contributed by atoms with van der Waals surface area (Å²) in [7, 11) is 0. The molecule has 3 heteroatoms. The third kappa shape index (κ3) is 1.97. The van der Waals surface area contributed by atoms with Gasteiger partial charge in [0.25, 0.3) is 0 Å². The smallest absolute Gasteiger partial charge is 0.168 e. The monoisotopic (exact) mass is 279 g/mol. The van der Waals surface area contributed by atoms with Gasteiger partial charge in [0.2, 0.25) is 0 Å². The number of halogens is 1. The molecule has 1 N–H and O–H groups in total. The highest BCUT2D eigenvalue weighted by Gasteiger charge is 2.44. The van der Waals surface area contributed by atoms with Crippen molar-refractivity contribution in [1.82, 2.24) is 4.98 Å².